The predicted octanol–water partition coefficient (Wildman–Crippen LogP) is 4.93. The molecule has 130 valence electrons. The van der Waals surface area contributed by atoms with E-state index in [0.29, 0.717) is 22.8 Å². The van der Waals surface area contributed by atoms with Crippen LogP contribution in [0.5, 0.6) is 0 Å². The highest BCUT2D eigenvalue weighted by Gasteiger charge is 2.29. The minimum Gasteiger partial charge on any atom is -0.352 e. The summed E-state index contributed by atoms with van der Waals surface area (Å²) >= 11 is 18.0. The number of benzene rings is 2. The third-order valence-electron chi connectivity index (χ3n) is 3.88. The maximum absolute atomic E-state index is 12.3. The molecule has 1 fully saturated rings. The van der Waals surface area contributed by atoms with Crippen LogP contribution in [-0.2, 0) is 11.3 Å². The van der Waals surface area contributed by atoms with Crippen molar-refractivity contribution in [1.82, 2.24) is 5.32 Å². The summed E-state index contributed by atoms with van der Waals surface area (Å²) in [6, 6.07) is 9.99. The summed E-state index contributed by atoms with van der Waals surface area (Å²) in [5.41, 5.74) is 1.70. The monoisotopic (exact) mass is 396 g/mol. The van der Waals surface area contributed by atoms with Crippen LogP contribution in [0.25, 0.3) is 0 Å². The van der Waals surface area contributed by atoms with Gasteiger partial charge in [-0.3, -0.25) is 9.59 Å². The lowest BCUT2D eigenvalue weighted by molar-refractivity contribution is -0.122. The smallest absolute Gasteiger partial charge is 0.255 e. The first-order chi connectivity index (χ1) is 11.9. The summed E-state index contributed by atoms with van der Waals surface area (Å²) in [5, 5.41) is 6.50. The first-order valence-electron chi connectivity index (χ1n) is 7.76. The number of carbonyl (C=O) groups excluding carboxylic acids is 2. The highest BCUT2D eigenvalue weighted by atomic mass is 35.5. The van der Waals surface area contributed by atoms with Crippen LogP contribution in [0.3, 0.4) is 0 Å². The van der Waals surface area contributed by atoms with Crippen LogP contribution < -0.4 is 10.6 Å². The number of halogens is 3. The molecular weight excluding hydrogens is 383 g/mol. The number of rotatable bonds is 5. The van der Waals surface area contributed by atoms with E-state index in [1.165, 1.54) is 12.1 Å². The van der Waals surface area contributed by atoms with Crippen molar-refractivity contribution in [2.75, 3.05) is 5.32 Å². The van der Waals surface area contributed by atoms with E-state index in [9.17, 15) is 9.59 Å². The molecule has 25 heavy (non-hydrogen) atoms. The number of hydrogen-bond acceptors (Lipinski definition) is 2. The summed E-state index contributed by atoms with van der Waals surface area (Å²) in [6.07, 6.45) is 1.95. The molecule has 4 nitrogen and oxygen atoms in total. The molecule has 0 radical (unpaired) electrons. The van der Waals surface area contributed by atoms with E-state index in [2.05, 4.69) is 10.6 Å². The second-order valence-electron chi connectivity index (χ2n) is 5.89. The molecule has 0 heterocycles. The van der Waals surface area contributed by atoms with Crippen molar-refractivity contribution in [3.63, 3.8) is 0 Å². The molecule has 0 aliphatic heterocycles. The van der Waals surface area contributed by atoms with Crippen LogP contribution in [0.4, 0.5) is 5.69 Å². The summed E-state index contributed by atoms with van der Waals surface area (Å²) in [4.78, 5) is 24.0. The van der Waals surface area contributed by atoms with Crippen molar-refractivity contribution >= 4 is 52.3 Å². The summed E-state index contributed by atoms with van der Waals surface area (Å²) in [6.45, 7) is 0.450. The second-order valence-corrected chi connectivity index (χ2v) is 7.14. The number of nitrogens with one attached hydrogen (secondary N) is 2. The molecule has 2 aromatic rings. The Labute approximate surface area is 160 Å². The molecule has 0 bridgehead atoms. The predicted molar refractivity (Wildman–Crippen MR) is 100 cm³/mol. The Bertz CT molecular complexity index is 795. The van der Waals surface area contributed by atoms with E-state index in [1.807, 2.05) is 0 Å². The molecule has 0 atom stereocenters. The standard InChI is InChI=1S/C18H15Cl3N2O2/c19-13-7-14(20)16(15(21)8-13)23-18(25)12-3-1-10(2-4-12)9-22-17(24)11-5-6-11/h1-4,7-8,11H,5-6,9H2,(H,22,24)(H,23,25). The lowest BCUT2D eigenvalue weighted by atomic mass is 10.1. The molecule has 0 unspecified atom stereocenters. The van der Waals surface area contributed by atoms with Gasteiger partial charge in [-0.15, -0.1) is 0 Å². The Morgan fingerprint density at radius 2 is 1.60 bits per heavy atom. The Morgan fingerprint density at radius 1 is 1.00 bits per heavy atom. The van der Waals surface area contributed by atoms with Crippen LogP contribution in [0.2, 0.25) is 15.1 Å². The SMILES string of the molecule is O=C(Nc1c(Cl)cc(Cl)cc1Cl)c1ccc(CNC(=O)C2CC2)cc1. The van der Waals surface area contributed by atoms with Gasteiger partial charge in [0.2, 0.25) is 5.91 Å². The molecule has 0 spiro atoms. The van der Waals surface area contributed by atoms with Crippen LogP contribution in [0.15, 0.2) is 36.4 Å². The van der Waals surface area contributed by atoms with Crippen molar-refractivity contribution in [2.24, 2.45) is 5.92 Å². The zero-order valence-corrected chi connectivity index (χ0v) is 15.4. The van der Waals surface area contributed by atoms with Crippen molar-refractivity contribution in [1.29, 1.82) is 0 Å². The lowest BCUT2D eigenvalue weighted by Crippen LogP contribution is -2.24. The minimum atomic E-state index is -0.334. The summed E-state index contributed by atoms with van der Waals surface area (Å²) in [5.74, 6) is -0.0625. The Kier molecular flexibility index (Phi) is 5.52. The molecule has 0 saturated heterocycles. The van der Waals surface area contributed by atoms with Crippen molar-refractivity contribution in [3.8, 4) is 0 Å². The average molecular weight is 398 g/mol. The zero-order valence-electron chi connectivity index (χ0n) is 13.1. The Hall–Kier alpha value is -1.75. The van der Waals surface area contributed by atoms with Gasteiger partial charge in [-0.2, -0.15) is 0 Å². The molecule has 2 amide bonds. The highest BCUT2D eigenvalue weighted by molar-refractivity contribution is 6.42. The molecule has 1 saturated carbocycles. The molecule has 0 aromatic heterocycles. The number of hydrogen-bond donors (Lipinski definition) is 2. The van der Waals surface area contributed by atoms with E-state index in [0.717, 1.165) is 18.4 Å². The van der Waals surface area contributed by atoms with Crippen molar-refractivity contribution in [2.45, 2.75) is 19.4 Å². The molecule has 1 aliphatic carbocycles. The van der Waals surface area contributed by atoms with Crippen molar-refractivity contribution in [3.05, 3.63) is 62.6 Å². The number of anilines is 1. The van der Waals surface area contributed by atoms with Gasteiger partial charge in [0.1, 0.15) is 0 Å². The first-order valence-corrected chi connectivity index (χ1v) is 8.90. The topological polar surface area (TPSA) is 58.2 Å². The third kappa shape index (κ3) is 4.66. The van der Waals surface area contributed by atoms with E-state index < -0.39 is 0 Å². The maximum atomic E-state index is 12.3. The van der Waals surface area contributed by atoms with Gasteiger partial charge in [-0.05, 0) is 42.7 Å². The summed E-state index contributed by atoms with van der Waals surface area (Å²) < 4.78 is 0. The number of carbonyl (C=O) groups is 2. The molecule has 3 rings (SSSR count). The van der Waals surface area contributed by atoms with Gasteiger partial charge in [0.05, 0.1) is 15.7 Å². The maximum Gasteiger partial charge on any atom is 0.255 e. The van der Waals surface area contributed by atoms with Gasteiger partial charge >= 0.3 is 0 Å². The molecular formula is C18H15Cl3N2O2. The van der Waals surface area contributed by atoms with Gasteiger partial charge in [0.15, 0.2) is 0 Å². The molecule has 1 aliphatic rings. The van der Waals surface area contributed by atoms with Gasteiger partial charge < -0.3 is 10.6 Å². The average Bonchev–Trinajstić information content (AvgIpc) is 3.41. The molecule has 7 heteroatoms. The normalized spacial score (nSPS) is 13.4. The quantitative estimate of drug-likeness (QED) is 0.752. The highest BCUT2D eigenvalue weighted by Crippen LogP contribution is 2.34. The largest absolute Gasteiger partial charge is 0.352 e. The second kappa shape index (κ2) is 7.65. The fourth-order valence-electron chi connectivity index (χ4n) is 2.30. The van der Waals surface area contributed by atoms with E-state index in [-0.39, 0.29) is 27.8 Å². The summed E-state index contributed by atoms with van der Waals surface area (Å²) in [7, 11) is 0. The van der Waals surface area contributed by atoms with Gasteiger partial charge in [-0.1, -0.05) is 46.9 Å². The van der Waals surface area contributed by atoms with E-state index >= 15 is 0 Å². The molecule has 2 N–H and O–H groups in total. The lowest BCUT2D eigenvalue weighted by Gasteiger charge is -2.10. The first kappa shape index (κ1) is 18.1. The fourth-order valence-corrected chi connectivity index (χ4v) is 3.21. The zero-order chi connectivity index (χ0) is 18.0. The number of amides is 2. The van der Waals surface area contributed by atoms with Crippen molar-refractivity contribution < 1.29 is 9.59 Å². The Balaban J connectivity index is 1.63. The van der Waals surface area contributed by atoms with E-state index in [4.69, 9.17) is 34.8 Å². The van der Waals surface area contributed by atoms with Gasteiger partial charge in [0.25, 0.3) is 5.91 Å². The fraction of sp³-hybridized carbons (Fsp3) is 0.222. The molecule has 2 aromatic carbocycles. The van der Waals surface area contributed by atoms with Gasteiger partial charge in [0, 0.05) is 23.0 Å². The Morgan fingerprint density at radius 3 is 2.16 bits per heavy atom. The van der Waals surface area contributed by atoms with E-state index in [1.54, 1.807) is 24.3 Å². The van der Waals surface area contributed by atoms with Crippen LogP contribution in [0, 0.1) is 5.92 Å². The van der Waals surface area contributed by atoms with Crippen LogP contribution in [0.1, 0.15) is 28.8 Å². The minimum absolute atomic E-state index is 0.0915. The van der Waals surface area contributed by atoms with Crippen LogP contribution in [-0.4, -0.2) is 11.8 Å². The van der Waals surface area contributed by atoms with Crippen LogP contribution >= 0.6 is 34.8 Å². The third-order valence-corrected chi connectivity index (χ3v) is 4.69. The van der Waals surface area contributed by atoms with Gasteiger partial charge in [-0.25, -0.2) is 0 Å².